The van der Waals surface area contributed by atoms with Crippen LogP contribution in [0.2, 0.25) is 0 Å². The average molecular weight is 311 g/mol. The first-order valence-electron chi connectivity index (χ1n) is 9.71. The van der Waals surface area contributed by atoms with E-state index in [4.69, 9.17) is 0 Å². The van der Waals surface area contributed by atoms with Gasteiger partial charge in [0.25, 0.3) is 0 Å². The van der Waals surface area contributed by atoms with Gasteiger partial charge in [0.1, 0.15) is 0 Å². The highest BCUT2D eigenvalue weighted by molar-refractivity contribution is 4.81. The maximum absolute atomic E-state index is 2.42. The molecule has 0 amide bonds. The molecule has 0 radical (unpaired) electrons. The lowest BCUT2D eigenvalue weighted by atomic mass is 9.89. The maximum atomic E-state index is 2.42. The summed E-state index contributed by atoms with van der Waals surface area (Å²) >= 11 is 0. The van der Waals surface area contributed by atoms with Gasteiger partial charge in [0.05, 0.1) is 0 Å². The number of rotatable bonds is 14. The Morgan fingerprint density at radius 1 is 0.591 bits per heavy atom. The summed E-state index contributed by atoms with van der Waals surface area (Å²) in [4.78, 5) is 0. The van der Waals surface area contributed by atoms with E-state index in [9.17, 15) is 0 Å². The standard InChI is InChI=1S/C21H42.CH4/c1-5-6-7-8-9-10-11-12-13-14-15-16-17-18-19-20-21(2,3)4;/h12-13H,5-11,14-20H2,1-4H3;1H4/b13-12-;. The van der Waals surface area contributed by atoms with Crippen molar-refractivity contribution in [2.45, 2.75) is 125 Å². The number of unbranched alkanes of at least 4 members (excludes halogenated alkanes) is 11. The predicted octanol–water partition coefficient (Wildman–Crippen LogP) is 8.71. The van der Waals surface area contributed by atoms with Gasteiger partial charge in [0.15, 0.2) is 0 Å². The van der Waals surface area contributed by atoms with Crippen LogP contribution >= 0.6 is 0 Å². The molecule has 0 aromatic rings. The van der Waals surface area contributed by atoms with Crippen LogP contribution in [0.1, 0.15) is 125 Å². The number of allylic oxidation sites excluding steroid dienone is 2. The molecule has 0 spiro atoms. The Hall–Kier alpha value is -0.260. The molecule has 0 aromatic carbocycles. The molecule has 0 aliphatic carbocycles. The van der Waals surface area contributed by atoms with Gasteiger partial charge in [-0.05, 0) is 37.5 Å². The zero-order chi connectivity index (χ0) is 15.8. The summed E-state index contributed by atoms with van der Waals surface area (Å²) in [7, 11) is 0. The zero-order valence-corrected chi connectivity index (χ0v) is 15.6. The fraction of sp³-hybridized carbons (Fsp3) is 0.909. The maximum Gasteiger partial charge on any atom is -0.0351 e. The quantitative estimate of drug-likeness (QED) is 0.222. The van der Waals surface area contributed by atoms with Crippen molar-refractivity contribution in [2.75, 3.05) is 0 Å². The summed E-state index contributed by atoms with van der Waals surface area (Å²) in [5.41, 5.74) is 0.527. The van der Waals surface area contributed by atoms with E-state index in [0.717, 1.165) is 0 Å². The first kappa shape index (κ1) is 24.0. The first-order valence-corrected chi connectivity index (χ1v) is 9.71. The third kappa shape index (κ3) is 22.0. The second-order valence-corrected chi connectivity index (χ2v) is 7.89. The minimum atomic E-state index is 0. The smallest absolute Gasteiger partial charge is 0.0351 e. The molecular formula is C22H46. The van der Waals surface area contributed by atoms with Gasteiger partial charge < -0.3 is 0 Å². The van der Waals surface area contributed by atoms with E-state index in [1.165, 1.54) is 89.9 Å². The lowest BCUT2D eigenvalue weighted by Gasteiger charge is -2.17. The SMILES string of the molecule is C.CCCCCCCC/C=C\CCCCCCCC(C)(C)C. The zero-order valence-electron chi connectivity index (χ0n) is 15.6. The van der Waals surface area contributed by atoms with Crippen molar-refractivity contribution < 1.29 is 0 Å². The molecule has 134 valence electrons. The van der Waals surface area contributed by atoms with Crippen molar-refractivity contribution in [3.05, 3.63) is 12.2 Å². The fourth-order valence-corrected chi connectivity index (χ4v) is 2.73. The van der Waals surface area contributed by atoms with Gasteiger partial charge in [-0.15, -0.1) is 0 Å². The molecule has 22 heavy (non-hydrogen) atoms. The molecule has 0 saturated heterocycles. The second kappa shape index (κ2) is 17.1. The lowest BCUT2D eigenvalue weighted by molar-refractivity contribution is 0.356. The third-order valence-corrected chi connectivity index (χ3v) is 4.19. The van der Waals surface area contributed by atoms with Crippen molar-refractivity contribution in [2.24, 2.45) is 5.41 Å². The lowest BCUT2D eigenvalue weighted by Crippen LogP contribution is -2.03. The van der Waals surface area contributed by atoms with E-state index in [0.29, 0.717) is 5.41 Å². The van der Waals surface area contributed by atoms with E-state index >= 15 is 0 Å². The van der Waals surface area contributed by atoms with Gasteiger partial charge in [0, 0.05) is 0 Å². The van der Waals surface area contributed by atoms with Crippen LogP contribution in [0.4, 0.5) is 0 Å². The van der Waals surface area contributed by atoms with E-state index in [1.807, 2.05) is 0 Å². The molecule has 0 nitrogen and oxygen atoms in total. The Bertz CT molecular complexity index is 219. The highest BCUT2D eigenvalue weighted by Gasteiger charge is 2.08. The molecule has 0 heterocycles. The van der Waals surface area contributed by atoms with Gasteiger partial charge in [-0.25, -0.2) is 0 Å². The number of hydrogen-bond acceptors (Lipinski definition) is 0. The van der Waals surface area contributed by atoms with Crippen LogP contribution in [-0.4, -0.2) is 0 Å². The molecule has 0 aliphatic heterocycles. The van der Waals surface area contributed by atoms with Crippen molar-refractivity contribution in [1.82, 2.24) is 0 Å². The topological polar surface area (TPSA) is 0 Å². The Balaban J connectivity index is 0. The van der Waals surface area contributed by atoms with Crippen molar-refractivity contribution in [3.63, 3.8) is 0 Å². The van der Waals surface area contributed by atoms with Crippen molar-refractivity contribution in [3.8, 4) is 0 Å². The van der Waals surface area contributed by atoms with Crippen LogP contribution in [0.3, 0.4) is 0 Å². The minimum absolute atomic E-state index is 0. The van der Waals surface area contributed by atoms with Crippen molar-refractivity contribution >= 4 is 0 Å². The minimum Gasteiger partial charge on any atom is -0.0885 e. The van der Waals surface area contributed by atoms with Gasteiger partial charge in [-0.3, -0.25) is 0 Å². The van der Waals surface area contributed by atoms with Crippen LogP contribution in [-0.2, 0) is 0 Å². The van der Waals surface area contributed by atoms with E-state index in [2.05, 4.69) is 39.8 Å². The molecule has 0 heteroatoms. The highest BCUT2D eigenvalue weighted by atomic mass is 14.1. The molecule has 0 bridgehead atoms. The predicted molar refractivity (Wildman–Crippen MR) is 106 cm³/mol. The van der Waals surface area contributed by atoms with E-state index < -0.39 is 0 Å². The molecule has 0 N–H and O–H groups in total. The fourth-order valence-electron chi connectivity index (χ4n) is 2.73. The molecule has 0 aromatic heterocycles. The van der Waals surface area contributed by atoms with Crippen LogP contribution in [0.15, 0.2) is 12.2 Å². The Morgan fingerprint density at radius 3 is 1.45 bits per heavy atom. The summed E-state index contributed by atoms with van der Waals surface area (Å²) < 4.78 is 0. The second-order valence-electron chi connectivity index (χ2n) is 7.89. The van der Waals surface area contributed by atoms with Gasteiger partial charge in [-0.2, -0.15) is 0 Å². The average Bonchev–Trinajstić information content (AvgIpc) is 2.42. The van der Waals surface area contributed by atoms with Gasteiger partial charge >= 0.3 is 0 Å². The Labute approximate surface area is 143 Å². The monoisotopic (exact) mass is 310 g/mol. The molecule has 0 atom stereocenters. The molecule has 0 saturated carbocycles. The van der Waals surface area contributed by atoms with Gasteiger partial charge in [-0.1, -0.05) is 105 Å². The van der Waals surface area contributed by atoms with Crippen LogP contribution in [0.25, 0.3) is 0 Å². The molecule has 0 fully saturated rings. The Morgan fingerprint density at radius 2 is 1.00 bits per heavy atom. The molecule has 0 rings (SSSR count). The van der Waals surface area contributed by atoms with E-state index in [-0.39, 0.29) is 7.43 Å². The third-order valence-electron chi connectivity index (χ3n) is 4.19. The molecule has 0 unspecified atom stereocenters. The molecule has 0 aliphatic rings. The largest absolute Gasteiger partial charge is 0.0885 e. The first-order chi connectivity index (χ1) is 10.1. The van der Waals surface area contributed by atoms with Crippen molar-refractivity contribution in [1.29, 1.82) is 0 Å². The summed E-state index contributed by atoms with van der Waals surface area (Å²) in [5.74, 6) is 0. The summed E-state index contributed by atoms with van der Waals surface area (Å²) in [6.45, 7) is 9.33. The van der Waals surface area contributed by atoms with Gasteiger partial charge in [0.2, 0.25) is 0 Å². The van der Waals surface area contributed by atoms with E-state index in [1.54, 1.807) is 0 Å². The molecular weight excluding hydrogens is 264 g/mol. The highest BCUT2D eigenvalue weighted by Crippen LogP contribution is 2.22. The summed E-state index contributed by atoms with van der Waals surface area (Å²) in [6.07, 6.45) is 24.4. The summed E-state index contributed by atoms with van der Waals surface area (Å²) in [5, 5.41) is 0. The van der Waals surface area contributed by atoms with Crippen LogP contribution in [0, 0.1) is 5.41 Å². The van der Waals surface area contributed by atoms with Crippen LogP contribution < -0.4 is 0 Å². The summed E-state index contributed by atoms with van der Waals surface area (Å²) in [6, 6.07) is 0. The number of hydrogen-bond donors (Lipinski definition) is 0. The Kier molecular flexibility index (Phi) is 18.7. The van der Waals surface area contributed by atoms with Crippen LogP contribution in [0.5, 0.6) is 0 Å². The normalized spacial score (nSPS) is 11.8.